The lowest BCUT2D eigenvalue weighted by atomic mass is 10.2. The van der Waals surface area contributed by atoms with E-state index in [-0.39, 0.29) is 12.5 Å². The van der Waals surface area contributed by atoms with Gasteiger partial charge in [0, 0.05) is 36.9 Å². The Hall–Kier alpha value is -1.95. The lowest BCUT2D eigenvalue weighted by Crippen LogP contribution is -2.27. The van der Waals surface area contributed by atoms with E-state index in [2.05, 4.69) is 20.0 Å². The van der Waals surface area contributed by atoms with Crippen LogP contribution in [0.15, 0.2) is 22.9 Å². The van der Waals surface area contributed by atoms with Crippen molar-refractivity contribution in [2.24, 2.45) is 0 Å². The largest absolute Gasteiger partial charge is 0.396 e. The summed E-state index contributed by atoms with van der Waals surface area (Å²) in [4.78, 5) is 11.3. The lowest BCUT2D eigenvalue weighted by Gasteiger charge is -2.23. The van der Waals surface area contributed by atoms with Gasteiger partial charge < -0.3 is 14.5 Å². The first-order valence-electron chi connectivity index (χ1n) is 8.36. The van der Waals surface area contributed by atoms with E-state index >= 15 is 0 Å². The van der Waals surface area contributed by atoms with Gasteiger partial charge in [-0.15, -0.1) is 0 Å². The van der Waals surface area contributed by atoms with Crippen LogP contribution in [0.1, 0.15) is 51.3 Å². The molecule has 0 atom stereocenters. The highest BCUT2D eigenvalue weighted by Gasteiger charge is 2.29. The van der Waals surface area contributed by atoms with E-state index in [0.29, 0.717) is 11.9 Å². The summed E-state index contributed by atoms with van der Waals surface area (Å²) in [5.41, 5.74) is 0.905. The predicted octanol–water partition coefficient (Wildman–Crippen LogP) is 3.00. The summed E-state index contributed by atoms with van der Waals surface area (Å²) in [6.07, 6.45) is 6.01. The zero-order valence-corrected chi connectivity index (χ0v) is 13.8. The van der Waals surface area contributed by atoms with Crippen LogP contribution in [-0.2, 0) is 0 Å². The summed E-state index contributed by atoms with van der Waals surface area (Å²) < 4.78 is 5.38. The first kappa shape index (κ1) is 15.9. The fourth-order valence-electron chi connectivity index (χ4n) is 2.56. The third-order valence-corrected chi connectivity index (χ3v) is 4.04. The highest BCUT2D eigenvalue weighted by molar-refractivity contribution is 5.59. The molecule has 0 amide bonds. The third-order valence-electron chi connectivity index (χ3n) is 4.04. The fourth-order valence-corrected chi connectivity index (χ4v) is 2.56. The van der Waals surface area contributed by atoms with Crippen LogP contribution in [0.4, 0.5) is 5.82 Å². The van der Waals surface area contributed by atoms with Gasteiger partial charge in [-0.25, -0.2) is 4.98 Å². The van der Waals surface area contributed by atoms with Gasteiger partial charge >= 0.3 is 0 Å². The molecule has 3 rings (SSSR count). The molecule has 2 heterocycles. The Morgan fingerprint density at radius 3 is 2.83 bits per heavy atom. The minimum absolute atomic E-state index is 0.242. The topological polar surface area (TPSA) is 75.3 Å². The second kappa shape index (κ2) is 7.08. The van der Waals surface area contributed by atoms with Crippen LogP contribution < -0.4 is 4.90 Å². The van der Waals surface area contributed by atoms with Crippen molar-refractivity contribution < 1.29 is 9.63 Å². The van der Waals surface area contributed by atoms with Crippen LogP contribution in [-0.4, -0.2) is 39.4 Å². The maximum absolute atomic E-state index is 8.98. The summed E-state index contributed by atoms with van der Waals surface area (Å²) >= 11 is 0. The van der Waals surface area contributed by atoms with E-state index in [4.69, 9.17) is 9.63 Å². The second-order valence-electron chi connectivity index (χ2n) is 6.37. The maximum Gasteiger partial charge on any atom is 0.258 e. The Balaban J connectivity index is 1.79. The van der Waals surface area contributed by atoms with E-state index < -0.39 is 0 Å². The van der Waals surface area contributed by atoms with Crippen LogP contribution in [0, 0.1) is 0 Å². The van der Waals surface area contributed by atoms with Gasteiger partial charge in [-0.1, -0.05) is 19.0 Å². The summed E-state index contributed by atoms with van der Waals surface area (Å²) in [6, 6.07) is 4.50. The van der Waals surface area contributed by atoms with Crippen molar-refractivity contribution in [2.75, 3.05) is 18.1 Å². The van der Waals surface area contributed by atoms with Crippen molar-refractivity contribution >= 4 is 5.82 Å². The molecule has 1 saturated carbocycles. The predicted molar refractivity (Wildman–Crippen MR) is 88.3 cm³/mol. The monoisotopic (exact) mass is 316 g/mol. The average molecular weight is 316 g/mol. The van der Waals surface area contributed by atoms with Crippen molar-refractivity contribution in [3.05, 3.63) is 24.2 Å². The van der Waals surface area contributed by atoms with Crippen molar-refractivity contribution in [3.8, 4) is 11.5 Å². The van der Waals surface area contributed by atoms with Crippen LogP contribution in [0.3, 0.4) is 0 Å². The van der Waals surface area contributed by atoms with E-state index in [9.17, 15) is 0 Å². The first-order valence-corrected chi connectivity index (χ1v) is 8.36. The van der Waals surface area contributed by atoms with E-state index in [1.807, 2.05) is 26.0 Å². The summed E-state index contributed by atoms with van der Waals surface area (Å²) in [5, 5.41) is 13.0. The number of aliphatic hydroxyl groups excluding tert-OH is 1. The van der Waals surface area contributed by atoms with E-state index in [0.717, 1.165) is 36.6 Å². The van der Waals surface area contributed by atoms with Gasteiger partial charge in [0.1, 0.15) is 5.82 Å². The minimum Gasteiger partial charge on any atom is -0.396 e. The number of rotatable bonds is 8. The highest BCUT2D eigenvalue weighted by atomic mass is 16.5. The minimum atomic E-state index is 0.242. The van der Waals surface area contributed by atoms with Crippen molar-refractivity contribution in [3.63, 3.8) is 0 Å². The van der Waals surface area contributed by atoms with Gasteiger partial charge in [0.2, 0.25) is 0 Å². The molecule has 0 unspecified atom stereocenters. The molecule has 0 saturated heterocycles. The molecule has 1 fully saturated rings. The molecule has 0 aliphatic heterocycles. The average Bonchev–Trinajstić information content (AvgIpc) is 3.26. The Morgan fingerprint density at radius 1 is 1.35 bits per heavy atom. The summed E-state index contributed by atoms with van der Waals surface area (Å²) in [6.45, 7) is 5.25. The molecule has 1 aliphatic carbocycles. The molecule has 0 spiro atoms. The van der Waals surface area contributed by atoms with Crippen molar-refractivity contribution in [1.82, 2.24) is 15.1 Å². The third kappa shape index (κ3) is 3.88. The van der Waals surface area contributed by atoms with Gasteiger partial charge in [0.05, 0.1) is 0 Å². The molecule has 0 bridgehead atoms. The van der Waals surface area contributed by atoms with Crippen LogP contribution >= 0.6 is 0 Å². The molecule has 2 aromatic rings. The number of hydrogen-bond acceptors (Lipinski definition) is 6. The maximum atomic E-state index is 8.98. The highest BCUT2D eigenvalue weighted by Crippen LogP contribution is 2.32. The van der Waals surface area contributed by atoms with Gasteiger partial charge in [-0.2, -0.15) is 4.98 Å². The van der Waals surface area contributed by atoms with Crippen molar-refractivity contribution in [1.29, 1.82) is 0 Å². The molecule has 124 valence electrons. The van der Waals surface area contributed by atoms with Crippen molar-refractivity contribution in [2.45, 2.75) is 51.5 Å². The standard InChI is InChI=1S/C17H24N4O2/c1-12(2)16-19-17(23-20-16)13-7-8-18-15(11-13)21(14-5-6-14)9-3-4-10-22/h7-8,11-12,14,22H,3-6,9-10H2,1-2H3. The number of aromatic nitrogens is 3. The molecular weight excluding hydrogens is 292 g/mol. The van der Waals surface area contributed by atoms with Crippen LogP contribution in [0.25, 0.3) is 11.5 Å². The Kier molecular flexibility index (Phi) is 4.91. The molecule has 6 heteroatoms. The molecule has 0 radical (unpaired) electrons. The Labute approximate surface area is 136 Å². The fraction of sp³-hybridized carbons (Fsp3) is 0.588. The number of anilines is 1. The molecule has 1 N–H and O–H groups in total. The summed E-state index contributed by atoms with van der Waals surface area (Å²) in [7, 11) is 0. The quantitative estimate of drug-likeness (QED) is 0.755. The van der Waals surface area contributed by atoms with Gasteiger partial charge in [-0.05, 0) is 37.8 Å². The first-order chi connectivity index (χ1) is 11.2. The number of aliphatic hydroxyl groups is 1. The SMILES string of the molecule is CC(C)c1noc(-c2ccnc(N(CCCCO)C3CC3)c2)n1. The van der Waals surface area contributed by atoms with E-state index in [1.165, 1.54) is 12.8 Å². The Bertz CT molecular complexity index is 637. The number of hydrogen-bond donors (Lipinski definition) is 1. The van der Waals surface area contributed by atoms with Crippen LogP contribution in [0.2, 0.25) is 0 Å². The lowest BCUT2D eigenvalue weighted by molar-refractivity contribution is 0.285. The Morgan fingerprint density at radius 2 is 2.17 bits per heavy atom. The molecule has 0 aromatic carbocycles. The normalized spacial score (nSPS) is 14.4. The zero-order chi connectivity index (χ0) is 16.2. The summed E-state index contributed by atoms with van der Waals surface area (Å²) in [5.74, 6) is 2.46. The van der Waals surface area contributed by atoms with E-state index in [1.54, 1.807) is 6.20 Å². The van der Waals surface area contributed by atoms with Crippen LogP contribution in [0.5, 0.6) is 0 Å². The number of nitrogens with zero attached hydrogens (tertiary/aromatic N) is 4. The van der Waals surface area contributed by atoms with Gasteiger partial charge in [0.25, 0.3) is 5.89 Å². The zero-order valence-electron chi connectivity index (χ0n) is 13.8. The number of pyridine rings is 1. The molecule has 2 aromatic heterocycles. The van der Waals surface area contributed by atoms with Gasteiger partial charge in [0.15, 0.2) is 5.82 Å². The molecule has 6 nitrogen and oxygen atoms in total. The second-order valence-corrected chi connectivity index (χ2v) is 6.37. The molecule has 23 heavy (non-hydrogen) atoms. The smallest absolute Gasteiger partial charge is 0.258 e. The molecular formula is C17H24N4O2. The van der Waals surface area contributed by atoms with Gasteiger partial charge in [-0.3, -0.25) is 0 Å². The number of unbranched alkanes of at least 4 members (excludes halogenated alkanes) is 1. The molecule has 1 aliphatic rings.